The minimum Gasteiger partial charge on any atom is -0.363 e. The first-order chi connectivity index (χ1) is 8.58. The highest BCUT2D eigenvalue weighted by molar-refractivity contribution is 5.73. The number of rotatable bonds is 2. The van der Waals surface area contributed by atoms with Gasteiger partial charge in [-0.3, -0.25) is 4.79 Å². The summed E-state index contributed by atoms with van der Waals surface area (Å²) in [6.45, 7) is 4.67. The third-order valence-electron chi connectivity index (χ3n) is 3.09. The molecule has 0 bridgehead atoms. The summed E-state index contributed by atoms with van der Waals surface area (Å²) in [7, 11) is 3.92. The molecule has 0 saturated carbocycles. The van der Waals surface area contributed by atoms with Gasteiger partial charge in [-0.25, -0.2) is 4.98 Å². The molecule has 0 atom stereocenters. The topological polar surface area (TPSA) is 52.6 Å². The third kappa shape index (κ3) is 2.69. The molecule has 1 saturated heterocycles. The number of amides is 1. The molecule has 1 aromatic heterocycles. The van der Waals surface area contributed by atoms with Gasteiger partial charge in [0, 0.05) is 53.4 Å². The van der Waals surface area contributed by atoms with Crippen LogP contribution < -0.4 is 9.80 Å². The smallest absolute Gasteiger partial charge is 0.227 e. The van der Waals surface area contributed by atoms with Crippen LogP contribution >= 0.6 is 0 Å². The molecular weight excluding hydrogens is 230 g/mol. The van der Waals surface area contributed by atoms with Crippen molar-refractivity contribution >= 4 is 17.7 Å². The Morgan fingerprint density at radius 3 is 2.50 bits per heavy atom. The van der Waals surface area contributed by atoms with Crippen molar-refractivity contribution in [2.75, 3.05) is 50.1 Å². The Morgan fingerprint density at radius 2 is 1.94 bits per heavy atom. The molecular formula is C12H19N5O. The molecule has 0 N–H and O–H groups in total. The van der Waals surface area contributed by atoms with Crippen molar-refractivity contribution in [1.82, 2.24) is 14.9 Å². The predicted octanol–water partition coefficient (Wildman–Crippen LogP) is 0.211. The van der Waals surface area contributed by atoms with Crippen molar-refractivity contribution in [2.24, 2.45) is 0 Å². The number of carbonyl (C=O) groups excluding carboxylic acids is 1. The molecule has 1 aromatic rings. The average molecular weight is 249 g/mol. The maximum atomic E-state index is 11.3. The molecule has 1 aliphatic heterocycles. The number of carbonyl (C=O) groups is 1. The molecule has 0 unspecified atom stereocenters. The van der Waals surface area contributed by atoms with E-state index in [-0.39, 0.29) is 5.91 Å². The van der Waals surface area contributed by atoms with Gasteiger partial charge in [0.2, 0.25) is 11.9 Å². The van der Waals surface area contributed by atoms with Gasteiger partial charge in [-0.15, -0.1) is 0 Å². The molecule has 0 radical (unpaired) electrons. The van der Waals surface area contributed by atoms with Crippen molar-refractivity contribution in [3.63, 3.8) is 0 Å². The Bertz CT molecular complexity index is 426. The van der Waals surface area contributed by atoms with E-state index in [0.29, 0.717) is 0 Å². The highest BCUT2D eigenvalue weighted by Gasteiger charge is 2.20. The third-order valence-corrected chi connectivity index (χ3v) is 3.09. The minimum absolute atomic E-state index is 0.137. The zero-order valence-electron chi connectivity index (χ0n) is 11.1. The Morgan fingerprint density at radius 1 is 1.28 bits per heavy atom. The van der Waals surface area contributed by atoms with Crippen LogP contribution in [-0.4, -0.2) is 61.0 Å². The summed E-state index contributed by atoms with van der Waals surface area (Å²) in [6, 6.07) is 1.88. The summed E-state index contributed by atoms with van der Waals surface area (Å²) < 4.78 is 0. The van der Waals surface area contributed by atoms with Crippen molar-refractivity contribution in [2.45, 2.75) is 6.92 Å². The highest BCUT2D eigenvalue weighted by atomic mass is 16.2. The molecule has 2 rings (SSSR count). The Kier molecular flexibility index (Phi) is 3.64. The van der Waals surface area contributed by atoms with Crippen LogP contribution in [0.5, 0.6) is 0 Å². The van der Waals surface area contributed by atoms with Crippen LogP contribution in [0.25, 0.3) is 0 Å². The molecule has 6 nitrogen and oxygen atoms in total. The fourth-order valence-electron chi connectivity index (χ4n) is 1.96. The van der Waals surface area contributed by atoms with Crippen LogP contribution in [0.3, 0.4) is 0 Å². The van der Waals surface area contributed by atoms with Gasteiger partial charge in [-0.1, -0.05) is 0 Å². The number of aromatic nitrogens is 2. The number of hydrogen-bond donors (Lipinski definition) is 0. The first-order valence-corrected chi connectivity index (χ1v) is 6.09. The Labute approximate surface area is 107 Å². The number of piperazine rings is 1. The molecule has 0 aromatic carbocycles. The summed E-state index contributed by atoms with van der Waals surface area (Å²) in [5.41, 5.74) is 0. The molecule has 6 heteroatoms. The van der Waals surface area contributed by atoms with Gasteiger partial charge in [0.15, 0.2) is 0 Å². The van der Waals surface area contributed by atoms with Crippen LogP contribution in [-0.2, 0) is 4.79 Å². The molecule has 1 fully saturated rings. The second kappa shape index (κ2) is 5.20. The molecule has 0 spiro atoms. The standard InChI is InChI=1S/C12H19N5O/c1-10(18)16-6-8-17(9-7-16)12-13-5-4-11(14-12)15(2)3/h4-5H,6-9H2,1-3H3. The molecule has 2 heterocycles. The van der Waals surface area contributed by atoms with Crippen LogP contribution in [0.1, 0.15) is 6.92 Å². The SMILES string of the molecule is CC(=O)N1CCN(c2nccc(N(C)C)n2)CC1. The lowest BCUT2D eigenvalue weighted by atomic mass is 10.3. The van der Waals surface area contributed by atoms with Crippen LogP contribution in [0.4, 0.5) is 11.8 Å². The van der Waals surface area contributed by atoms with Crippen molar-refractivity contribution < 1.29 is 4.79 Å². The zero-order valence-corrected chi connectivity index (χ0v) is 11.1. The molecule has 18 heavy (non-hydrogen) atoms. The zero-order chi connectivity index (χ0) is 13.1. The van der Waals surface area contributed by atoms with E-state index in [9.17, 15) is 4.79 Å². The first-order valence-electron chi connectivity index (χ1n) is 6.09. The largest absolute Gasteiger partial charge is 0.363 e. The van der Waals surface area contributed by atoms with E-state index in [4.69, 9.17) is 0 Å². The van der Waals surface area contributed by atoms with Crippen molar-refractivity contribution in [3.8, 4) is 0 Å². The van der Waals surface area contributed by atoms with Gasteiger partial charge < -0.3 is 14.7 Å². The molecule has 0 aliphatic carbocycles. The number of nitrogens with zero attached hydrogens (tertiary/aromatic N) is 5. The van der Waals surface area contributed by atoms with Gasteiger partial charge in [0.25, 0.3) is 0 Å². The van der Waals surface area contributed by atoms with Crippen molar-refractivity contribution in [1.29, 1.82) is 0 Å². The quantitative estimate of drug-likeness (QED) is 0.750. The fraction of sp³-hybridized carbons (Fsp3) is 0.583. The average Bonchev–Trinajstić information content (AvgIpc) is 2.39. The van der Waals surface area contributed by atoms with E-state index in [1.807, 2.05) is 30.0 Å². The normalized spacial score (nSPS) is 15.7. The minimum atomic E-state index is 0.137. The van der Waals surface area contributed by atoms with E-state index in [2.05, 4.69) is 14.9 Å². The number of anilines is 2. The van der Waals surface area contributed by atoms with E-state index < -0.39 is 0 Å². The fourth-order valence-corrected chi connectivity index (χ4v) is 1.96. The van der Waals surface area contributed by atoms with E-state index in [1.165, 1.54) is 0 Å². The van der Waals surface area contributed by atoms with E-state index >= 15 is 0 Å². The van der Waals surface area contributed by atoms with Gasteiger partial charge in [0.1, 0.15) is 5.82 Å². The molecule has 1 amide bonds. The number of hydrogen-bond acceptors (Lipinski definition) is 5. The summed E-state index contributed by atoms with van der Waals surface area (Å²) in [4.78, 5) is 26.0. The monoisotopic (exact) mass is 249 g/mol. The van der Waals surface area contributed by atoms with Gasteiger partial charge in [0.05, 0.1) is 0 Å². The predicted molar refractivity (Wildman–Crippen MR) is 70.8 cm³/mol. The van der Waals surface area contributed by atoms with Crippen LogP contribution in [0.2, 0.25) is 0 Å². The lowest BCUT2D eigenvalue weighted by Gasteiger charge is -2.34. The summed E-state index contributed by atoms with van der Waals surface area (Å²) >= 11 is 0. The van der Waals surface area contributed by atoms with Crippen molar-refractivity contribution in [3.05, 3.63) is 12.3 Å². The molecule has 98 valence electrons. The van der Waals surface area contributed by atoms with Gasteiger partial charge in [-0.2, -0.15) is 4.98 Å². The Hall–Kier alpha value is -1.85. The first kappa shape index (κ1) is 12.6. The molecule has 1 aliphatic rings. The second-order valence-electron chi connectivity index (χ2n) is 4.60. The van der Waals surface area contributed by atoms with E-state index in [0.717, 1.165) is 37.9 Å². The lowest BCUT2D eigenvalue weighted by molar-refractivity contribution is -0.129. The maximum absolute atomic E-state index is 11.3. The van der Waals surface area contributed by atoms with Gasteiger partial charge in [-0.05, 0) is 6.07 Å². The summed E-state index contributed by atoms with van der Waals surface area (Å²) in [5.74, 6) is 1.77. The summed E-state index contributed by atoms with van der Waals surface area (Å²) in [6.07, 6.45) is 1.77. The summed E-state index contributed by atoms with van der Waals surface area (Å²) in [5, 5.41) is 0. The maximum Gasteiger partial charge on any atom is 0.227 e. The second-order valence-corrected chi connectivity index (χ2v) is 4.60. The Balaban J connectivity index is 2.05. The lowest BCUT2D eigenvalue weighted by Crippen LogP contribution is -2.48. The van der Waals surface area contributed by atoms with Crippen LogP contribution in [0.15, 0.2) is 12.3 Å². The highest BCUT2D eigenvalue weighted by Crippen LogP contribution is 2.14. The van der Waals surface area contributed by atoms with Gasteiger partial charge >= 0.3 is 0 Å². The van der Waals surface area contributed by atoms with E-state index in [1.54, 1.807) is 13.1 Å². The van der Waals surface area contributed by atoms with Crippen LogP contribution in [0, 0.1) is 0 Å².